The number of carbonyl (C=O) groups excluding carboxylic acids is 1. The van der Waals surface area contributed by atoms with Crippen LogP contribution in [0.4, 0.5) is 17.6 Å². The van der Waals surface area contributed by atoms with Gasteiger partial charge in [0.1, 0.15) is 11.9 Å². The second-order valence-electron chi connectivity index (χ2n) is 7.29. The molecule has 0 unspecified atom stereocenters. The van der Waals surface area contributed by atoms with Gasteiger partial charge in [0.05, 0.1) is 12.7 Å². The molecule has 1 aromatic carbocycles. The summed E-state index contributed by atoms with van der Waals surface area (Å²) < 4.78 is 82.4. The fraction of sp³-hybridized carbons (Fsp3) is 0.316. The van der Waals surface area contributed by atoms with Crippen molar-refractivity contribution in [2.24, 2.45) is 4.99 Å². The van der Waals surface area contributed by atoms with E-state index in [1.807, 2.05) is 0 Å². The molecule has 2 aliphatic heterocycles. The van der Waals surface area contributed by atoms with Crippen molar-refractivity contribution in [3.8, 4) is 0 Å². The van der Waals surface area contributed by atoms with Crippen molar-refractivity contribution in [3.63, 3.8) is 0 Å². The zero-order valence-corrected chi connectivity index (χ0v) is 19.5. The summed E-state index contributed by atoms with van der Waals surface area (Å²) in [6, 6.07) is 1.18. The number of carbonyl (C=O) groups is 1. The number of aromatic nitrogens is 1. The van der Waals surface area contributed by atoms with Gasteiger partial charge < -0.3 is 9.64 Å². The molecule has 2 aromatic rings. The van der Waals surface area contributed by atoms with Gasteiger partial charge in [-0.1, -0.05) is 17.7 Å². The highest BCUT2D eigenvalue weighted by molar-refractivity contribution is 7.90. The number of rotatable bonds is 5. The third kappa shape index (κ3) is 4.42. The lowest BCUT2D eigenvalue weighted by molar-refractivity contribution is -0.136. The maximum absolute atomic E-state index is 13.7. The molecule has 4 rings (SSSR count). The van der Waals surface area contributed by atoms with E-state index in [2.05, 4.69) is 9.98 Å². The van der Waals surface area contributed by atoms with E-state index in [1.54, 1.807) is 10.1 Å². The van der Waals surface area contributed by atoms with E-state index in [0.717, 1.165) is 19.2 Å². The van der Waals surface area contributed by atoms with Gasteiger partial charge in [-0.15, -0.1) is 11.3 Å². The van der Waals surface area contributed by atoms with Crippen molar-refractivity contribution in [1.29, 1.82) is 0 Å². The lowest BCUT2D eigenvalue weighted by atomic mass is 9.94. The maximum atomic E-state index is 13.7. The SMILES string of the molecule is COC(=O)C1=C2C[C@H](NS(=O)(=O)C(F)(F)F)CN2C(c2nccs2)=N[C@H]1c1ccc(F)cc1Cl. The number of halogens is 5. The summed E-state index contributed by atoms with van der Waals surface area (Å²) in [6.45, 7) is -0.243. The molecule has 0 radical (unpaired) electrons. The predicted octanol–water partition coefficient (Wildman–Crippen LogP) is 3.38. The Balaban J connectivity index is 1.86. The summed E-state index contributed by atoms with van der Waals surface area (Å²) in [5.41, 5.74) is -5.10. The minimum atomic E-state index is -5.65. The Morgan fingerprint density at radius 1 is 1.35 bits per heavy atom. The molecule has 1 aromatic heterocycles. The van der Waals surface area contributed by atoms with Crippen LogP contribution in [-0.2, 0) is 19.6 Å². The molecule has 1 saturated heterocycles. The fourth-order valence-electron chi connectivity index (χ4n) is 3.78. The second-order valence-corrected chi connectivity index (χ2v) is 10.3. The Labute approximate surface area is 200 Å². The number of hydrogen-bond donors (Lipinski definition) is 1. The molecule has 1 N–H and O–H groups in total. The Morgan fingerprint density at radius 2 is 2.09 bits per heavy atom. The average molecular weight is 539 g/mol. The number of alkyl halides is 3. The molecule has 8 nitrogen and oxygen atoms in total. The molecule has 15 heteroatoms. The predicted molar refractivity (Wildman–Crippen MR) is 115 cm³/mol. The highest BCUT2D eigenvalue weighted by Gasteiger charge is 2.49. The molecule has 2 atom stereocenters. The molecule has 1 fully saturated rings. The van der Waals surface area contributed by atoms with Gasteiger partial charge in [-0.3, -0.25) is 4.99 Å². The van der Waals surface area contributed by atoms with Crippen LogP contribution in [0.1, 0.15) is 23.0 Å². The molecule has 0 amide bonds. The van der Waals surface area contributed by atoms with Crippen LogP contribution < -0.4 is 4.72 Å². The number of aliphatic imine (C=N–C) groups is 1. The Morgan fingerprint density at radius 3 is 2.68 bits per heavy atom. The van der Waals surface area contributed by atoms with Crippen LogP contribution in [0, 0.1) is 5.82 Å². The number of fused-ring (bicyclic) bond motifs is 1. The van der Waals surface area contributed by atoms with Gasteiger partial charge in [0.15, 0.2) is 10.8 Å². The Kier molecular flexibility index (Phi) is 6.44. The third-order valence-corrected chi connectivity index (χ3v) is 7.52. The first kappa shape index (κ1) is 24.6. The monoisotopic (exact) mass is 538 g/mol. The first-order valence-corrected chi connectivity index (χ1v) is 12.3. The summed E-state index contributed by atoms with van der Waals surface area (Å²) >= 11 is 7.41. The molecular weight excluding hydrogens is 524 g/mol. The summed E-state index contributed by atoms with van der Waals surface area (Å²) in [4.78, 5) is 23.0. The number of hydrogen-bond acceptors (Lipinski definition) is 8. The number of thiazole rings is 1. The van der Waals surface area contributed by atoms with Crippen molar-refractivity contribution in [3.05, 3.63) is 62.5 Å². The lowest BCUT2D eigenvalue weighted by Gasteiger charge is -2.31. The minimum Gasteiger partial charge on any atom is -0.466 e. The Hall–Kier alpha value is -2.55. The molecule has 0 saturated carbocycles. The molecule has 182 valence electrons. The largest absolute Gasteiger partial charge is 0.511 e. The average Bonchev–Trinajstić information content (AvgIpc) is 3.41. The highest BCUT2D eigenvalue weighted by Crippen LogP contribution is 2.43. The van der Waals surface area contributed by atoms with E-state index in [0.29, 0.717) is 5.01 Å². The van der Waals surface area contributed by atoms with Crippen molar-refractivity contribution in [2.45, 2.75) is 24.0 Å². The topological polar surface area (TPSA) is 101 Å². The lowest BCUT2D eigenvalue weighted by Crippen LogP contribution is -2.44. The normalized spacial score (nSPS) is 20.9. The van der Waals surface area contributed by atoms with Gasteiger partial charge in [0.25, 0.3) is 0 Å². The quantitative estimate of drug-likeness (QED) is 0.463. The van der Waals surface area contributed by atoms with Crippen molar-refractivity contribution in [2.75, 3.05) is 13.7 Å². The van der Waals surface area contributed by atoms with Crippen LogP contribution in [0.25, 0.3) is 0 Å². The number of methoxy groups -OCH3 is 1. The van der Waals surface area contributed by atoms with Gasteiger partial charge in [0, 0.05) is 46.9 Å². The molecular formula is C19H15ClF4N4O4S2. The van der Waals surface area contributed by atoms with Gasteiger partial charge in [-0.25, -0.2) is 27.3 Å². The van der Waals surface area contributed by atoms with Crippen LogP contribution in [-0.4, -0.2) is 55.3 Å². The smallest absolute Gasteiger partial charge is 0.466 e. The molecule has 0 bridgehead atoms. The molecule has 34 heavy (non-hydrogen) atoms. The minimum absolute atomic E-state index is 0.0324. The van der Waals surface area contributed by atoms with E-state index < -0.39 is 39.4 Å². The second kappa shape index (κ2) is 8.91. The third-order valence-electron chi connectivity index (χ3n) is 5.17. The highest BCUT2D eigenvalue weighted by atomic mass is 35.5. The van der Waals surface area contributed by atoms with E-state index in [9.17, 15) is 30.8 Å². The van der Waals surface area contributed by atoms with E-state index >= 15 is 0 Å². The van der Waals surface area contributed by atoms with E-state index in [-0.39, 0.29) is 40.7 Å². The number of amidine groups is 1. The number of nitrogens with zero attached hydrogens (tertiary/aromatic N) is 3. The van der Waals surface area contributed by atoms with Crippen molar-refractivity contribution in [1.82, 2.24) is 14.6 Å². The van der Waals surface area contributed by atoms with Gasteiger partial charge in [-0.2, -0.15) is 13.2 Å². The summed E-state index contributed by atoms with van der Waals surface area (Å²) in [5.74, 6) is -1.26. The number of ether oxygens (including phenoxy) is 1. The first-order chi connectivity index (χ1) is 15.9. The molecule has 0 aliphatic carbocycles. The van der Waals surface area contributed by atoms with Crippen LogP contribution in [0.2, 0.25) is 5.02 Å². The van der Waals surface area contributed by atoms with Crippen LogP contribution in [0.15, 0.2) is 46.0 Å². The maximum Gasteiger partial charge on any atom is 0.511 e. The number of esters is 1. The Bertz CT molecular complexity index is 1300. The van der Waals surface area contributed by atoms with Gasteiger partial charge in [-0.05, 0) is 12.1 Å². The standard InChI is InChI=1S/C19H15ClF4N4O4S2/c1-32-18(29)14-13-7-10(27-34(30,31)19(22,23)24)8-28(13)16(17-25-4-5-33-17)26-15(14)11-3-2-9(21)6-12(11)20/h2-6,10,15,27H,7-8H2,1H3/t10-,15-/m0/s1. The number of nitrogens with one attached hydrogen (secondary N) is 1. The van der Waals surface area contributed by atoms with Gasteiger partial charge in [0.2, 0.25) is 0 Å². The van der Waals surface area contributed by atoms with E-state index in [4.69, 9.17) is 16.3 Å². The summed E-state index contributed by atoms with van der Waals surface area (Å²) in [5, 5.41) is 2.00. The van der Waals surface area contributed by atoms with Crippen molar-refractivity contribution < 1.29 is 35.5 Å². The molecule has 0 spiro atoms. The van der Waals surface area contributed by atoms with Crippen LogP contribution in [0.5, 0.6) is 0 Å². The molecule has 2 aliphatic rings. The fourth-order valence-corrected chi connectivity index (χ4v) is 5.42. The number of sulfonamides is 1. The van der Waals surface area contributed by atoms with Crippen LogP contribution in [0.3, 0.4) is 0 Å². The van der Waals surface area contributed by atoms with E-state index in [1.165, 1.54) is 28.5 Å². The van der Waals surface area contributed by atoms with Gasteiger partial charge >= 0.3 is 21.5 Å². The molecule has 3 heterocycles. The van der Waals surface area contributed by atoms with Crippen molar-refractivity contribution >= 4 is 44.8 Å². The first-order valence-electron chi connectivity index (χ1n) is 9.53. The zero-order chi connectivity index (χ0) is 24.8. The summed E-state index contributed by atoms with van der Waals surface area (Å²) in [7, 11) is -4.53. The number of benzene rings is 1. The van der Waals surface area contributed by atoms with Crippen LogP contribution >= 0.6 is 22.9 Å². The summed E-state index contributed by atoms with van der Waals surface area (Å²) in [6.07, 6.45) is 1.22. The zero-order valence-electron chi connectivity index (χ0n) is 17.1.